The summed E-state index contributed by atoms with van der Waals surface area (Å²) in [6.07, 6.45) is 4.18. The van der Waals surface area contributed by atoms with Crippen LogP contribution in [0.15, 0.2) is 0 Å². The zero-order chi connectivity index (χ0) is 15.6. The third-order valence-corrected chi connectivity index (χ3v) is 3.76. The fourth-order valence-electron chi connectivity index (χ4n) is 2.29. The van der Waals surface area contributed by atoms with Gasteiger partial charge in [0.05, 0.1) is 6.04 Å². The van der Waals surface area contributed by atoms with Crippen LogP contribution in [0.25, 0.3) is 0 Å². The van der Waals surface area contributed by atoms with E-state index >= 15 is 0 Å². The summed E-state index contributed by atoms with van der Waals surface area (Å²) in [4.78, 5) is 22.6. The number of carbonyl (C=O) groups is 2. The van der Waals surface area contributed by atoms with Gasteiger partial charge in [-0.15, -0.1) is 0 Å². The van der Waals surface area contributed by atoms with Crippen LogP contribution in [0.1, 0.15) is 52.4 Å². The van der Waals surface area contributed by atoms with Gasteiger partial charge in [-0.2, -0.15) is 0 Å². The minimum absolute atomic E-state index is 0.334. The second-order valence-corrected chi connectivity index (χ2v) is 5.16. The Bertz CT molecular complexity index is 310. The summed E-state index contributed by atoms with van der Waals surface area (Å²) >= 11 is 0. The maximum atomic E-state index is 11.5. The van der Waals surface area contributed by atoms with Crippen molar-refractivity contribution >= 4 is 11.9 Å². The number of carboxylic acid groups (broad SMARTS) is 1. The van der Waals surface area contributed by atoms with Crippen LogP contribution in [0.3, 0.4) is 0 Å². The third-order valence-electron chi connectivity index (χ3n) is 3.76. The van der Waals surface area contributed by atoms with E-state index in [1.807, 2.05) is 13.8 Å². The molecule has 0 rings (SSSR count). The van der Waals surface area contributed by atoms with Gasteiger partial charge >= 0.3 is 5.97 Å². The normalized spacial score (nSPS) is 15.6. The van der Waals surface area contributed by atoms with E-state index in [2.05, 4.69) is 10.6 Å². The molecule has 0 saturated heterocycles. The minimum atomic E-state index is -0.849. The topological polar surface area (TPSA) is 104 Å². The number of hydrogen-bond acceptors (Lipinski definition) is 4. The number of likely N-dealkylation sites (N-methyl/N-ethyl adjacent to an activating group) is 1. The quantitative estimate of drug-likeness (QED) is 0.398. The molecule has 0 aliphatic rings. The highest BCUT2D eigenvalue weighted by Gasteiger charge is 2.35. The Balaban J connectivity index is 4.33. The Morgan fingerprint density at radius 1 is 1.30 bits per heavy atom. The van der Waals surface area contributed by atoms with Crippen molar-refractivity contribution in [3.05, 3.63) is 0 Å². The van der Waals surface area contributed by atoms with Crippen molar-refractivity contribution in [2.24, 2.45) is 5.73 Å². The van der Waals surface area contributed by atoms with Crippen molar-refractivity contribution in [1.29, 1.82) is 0 Å². The average Bonchev–Trinajstić information content (AvgIpc) is 2.41. The first-order valence-electron chi connectivity index (χ1n) is 7.38. The molecular weight excluding hydrogens is 258 g/mol. The van der Waals surface area contributed by atoms with E-state index in [0.717, 1.165) is 19.3 Å². The van der Waals surface area contributed by atoms with Crippen LogP contribution in [0.5, 0.6) is 0 Å². The van der Waals surface area contributed by atoms with Crippen LogP contribution in [-0.4, -0.2) is 42.2 Å². The summed E-state index contributed by atoms with van der Waals surface area (Å²) in [5.74, 6) is -1.16. The first-order valence-corrected chi connectivity index (χ1v) is 7.38. The van der Waals surface area contributed by atoms with Gasteiger partial charge in [0.15, 0.2) is 0 Å². The van der Waals surface area contributed by atoms with Gasteiger partial charge < -0.3 is 21.5 Å². The highest BCUT2D eigenvalue weighted by molar-refractivity contribution is 5.79. The largest absolute Gasteiger partial charge is 0.480 e. The van der Waals surface area contributed by atoms with Crippen molar-refractivity contribution in [3.63, 3.8) is 0 Å². The Hall–Kier alpha value is -1.14. The lowest BCUT2D eigenvalue weighted by molar-refractivity contribution is -0.145. The molecule has 20 heavy (non-hydrogen) atoms. The molecule has 1 amide bonds. The van der Waals surface area contributed by atoms with Crippen LogP contribution >= 0.6 is 0 Å². The number of hydrogen-bond donors (Lipinski definition) is 4. The molecule has 118 valence electrons. The van der Waals surface area contributed by atoms with Crippen molar-refractivity contribution in [3.8, 4) is 0 Å². The van der Waals surface area contributed by atoms with Gasteiger partial charge in [-0.25, -0.2) is 0 Å². The predicted octanol–water partition coefficient (Wildman–Crippen LogP) is 0.853. The maximum absolute atomic E-state index is 11.5. The first kappa shape index (κ1) is 18.9. The lowest BCUT2D eigenvalue weighted by atomic mass is 9.88. The highest BCUT2D eigenvalue weighted by Crippen LogP contribution is 2.20. The SMILES string of the molecule is CCCNC(CC)(CCCCC(NC)C(N)=O)C(=O)O. The van der Waals surface area contributed by atoms with Gasteiger partial charge in [0, 0.05) is 0 Å². The lowest BCUT2D eigenvalue weighted by Crippen LogP contribution is -2.52. The second-order valence-electron chi connectivity index (χ2n) is 5.16. The molecular formula is C14H29N3O3. The fraction of sp³-hybridized carbons (Fsp3) is 0.857. The predicted molar refractivity (Wildman–Crippen MR) is 79.5 cm³/mol. The summed E-state index contributed by atoms with van der Waals surface area (Å²) in [5.41, 5.74) is 4.40. The molecule has 0 aliphatic heterocycles. The summed E-state index contributed by atoms with van der Waals surface area (Å²) in [5, 5.41) is 15.5. The van der Waals surface area contributed by atoms with Crippen LogP contribution in [-0.2, 0) is 9.59 Å². The zero-order valence-corrected chi connectivity index (χ0v) is 12.9. The molecule has 2 unspecified atom stereocenters. The Morgan fingerprint density at radius 2 is 1.95 bits per heavy atom. The Kier molecular flexibility index (Phi) is 9.16. The van der Waals surface area contributed by atoms with E-state index in [4.69, 9.17) is 5.73 Å². The van der Waals surface area contributed by atoms with Crippen LogP contribution < -0.4 is 16.4 Å². The van der Waals surface area contributed by atoms with Crippen molar-refractivity contribution in [2.75, 3.05) is 13.6 Å². The molecule has 0 spiro atoms. The number of primary amides is 1. The van der Waals surface area contributed by atoms with Gasteiger partial charge in [-0.05, 0) is 39.3 Å². The van der Waals surface area contributed by atoms with Crippen molar-refractivity contribution < 1.29 is 14.7 Å². The van der Waals surface area contributed by atoms with Gasteiger partial charge in [-0.3, -0.25) is 9.59 Å². The van der Waals surface area contributed by atoms with Crippen LogP contribution in [0.2, 0.25) is 0 Å². The first-order chi connectivity index (χ1) is 9.43. The molecule has 5 N–H and O–H groups in total. The molecule has 0 aromatic heterocycles. The number of nitrogens with two attached hydrogens (primary N) is 1. The maximum Gasteiger partial charge on any atom is 0.323 e. The van der Waals surface area contributed by atoms with E-state index in [1.54, 1.807) is 7.05 Å². The molecule has 0 fully saturated rings. The molecule has 2 atom stereocenters. The smallest absolute Gasteiger partial charge is 0.323 e. The minimum Gasteiger partial charge on any atom is -0.480 e. The molecule has 0 bridgehead atoms. The summed E-state index contributed by atoms with van der Waals surface area (Å²) in [7, 11) is 1.70. The van der Waals surface area contributed by atoms with Gasteiger partial charge in [-0.1, -0.05) is 26.7 Å². The fourth-order valence-corrected chi connectivity index (χ4v) is 2.29. The molecule has 0 radical (unpaired) electrons. The average molecular weight is 287 g/mol. The zero-order valence-electron chi connectivity index (χ0n) is 12.9. The number of aliphatic carboxylic acids is 1. The number of nitrogens with one attached hydrogen (secondary N) is 2. The van der Waals surface area contributed by atoms with Crippen molar-refractivity contribution in [2.45, 2.75) is 64.0 Å². The molecule has 0 aliphatic carbocycles. The Labute approximate surface area is 121 Å². The van der Waals surface area contributed by atoms with E-state index in [9.17, 15) is 14.7 Å². The van der Waals surface area contributed by atoms with Crippen LogP contribution in [0.4, 0.5) is 0 Å². The number of carboxylic acids is 1. The van der Waals surface area contributed by atoms with E-state index in [0.29, 0.717) is 25.8 Å². The van der Waals surface area contributed by atoms with Gasteiger partial charge in [0.2, 0.25) is 5.91 Å². The standard InChI is InChI=1S/C14H29N3O3/c1-4-10-17-14(5-2,13(19)20)9-7-6-8-11(16-3)12(15)18/h11,16-17H,4-10H2,1-3H3,(H2,15,18)(H,19,20). The second kappa shape index (κ2) is 9.72. The number of carbonyl (C=O) groups excluding carboxylic acids is 1. The van der Waals surface area contributed by atoms with E-state index < -0.39 is 11.5 Å². The summed E-state index contributed by atoms with van der Waals surface area (Å²) in [6.45, 7) is 4.59. The van der Waals surface area contributed by atoms with Gasteiger partial charge in [0.1, 0.15) is 5.54 Å². The molecule has 0 aromatic rings. The molecule has 0 heterocycles. The molecule has 0 aromatic carbocycles. The number of unbranched alkanes of at least 4 members (excludes halogenated alkanes) is 1. The summed E-state index contributed by atoms with van der Waals surface area (Å²) < 4.78 is 0. The monoisotopic (exact) mass is 287 g/mol. The Morgan fingerprint density at radius 3 is 2.35 bits per heavy atom. The van der Waals surface area contributed by atoms with E-state index in [-0.39, 0.29) is 11.9 Å². The number of amides is 1. The van der Waals surface area contributed by atoms with Crippen molar-refractivity contribution in [1.82, 2.24) is 10.6 Å². The molecule has 0 saturated carbocycles. The number of rotatable bonds is 12. The van der Waals surface area contributed by atoms with Crippen LogP contribution in [0, 0.1) is 0 Å². The summed E-state index contributed by atoms with van der Waals surface area (Å²) in [6, 6.07) is -0.334. The molecule has 6 nitrogen and oxygen atoms in total. The van der Waals surface area contributed by atoms with Gasteiger partial charge in [0.25, 0.3) is 0 Å². The van der Waals surface area contributed by atoms with E-state index in [1.165, 1.54) is 0 Å². The highest BCUT2D eigenvalue weighted by atomic mass is 16.4. The molecule has 6 heteroatoms. The third kappa shape index (κ3) is 5.88. The lowest BCUT2D eigenvalue weighted by Gasteiger charge is -2.29.